The lowest BCUT2D eigenvalue weighted by Gasteiger charge is -2.11. The van der Waals surface area contributed by atoms with Crippen molar-refractivity contribution < 1.29 is 14.2 Å². The van der Waals surface area contributed by atoms with E-state index in [-0.39, 0.29) is 0 Å². The molecular formula is C20H23N5O3. The number of nitrogens with zero attached hydrogens (tertiary/aromatic N) is 3. The predicted molar refractivity (Wildman–Crippen MR) is 108 cm³/mol. The third-order valence-corrected chi connectivity index (χ3v) is 4.09. The van der Waals surface area contributed by atoms with Crippen molar-refractivity contribution in [3.05, 3.63) is 54.2 Å². The molecule has 0 unspecified atom stereocenters. The van der Waals surface area contributed by atoms with Crippen LogP contribution in [-0.2, 0) is 6.42 Å². The van der Waals surface area contributed by atoms with Crippen LogP contribution in [0.3, 0.4) is 0 Å². The van der Waals surface area contributed by atoms with Gasteiger partial charge in [-0.3, -0.25) is 0 Å². The molecule has 8 nitrogen and oxygen atoms in total. The van der Waals surface area contributed by atoms with E-state index in [1.165, 1.54) is 0 Å². The van der Waals surface area contributed by atoms with Crippen LogP contribution in [0.25, 0.3) is 0 Å². The lowest BCUT2D eigenvalue weighted by Crippen LogP contribution is -2.09. The second kappa shape index (κ2) is 9.40. The van der Waals surface area contributed by atoms with Gasteiger partial charge in [0.05, 0.1) is 27.5 Å². The zero-order valence-corrected chi connectivity index (χ0v) is 16.1. The third kappa shape index (κ3) is 4.79. The van der Waals surface area contributed by atoms with Crippen molar-refractivity contribution in [3.8, 4) is 17.2 Å². The smallest absolute Gasteiger partial charge is 0.249 e. The highest BCUT2D eigenvalue weighted by atomic mass is 16.5. The van der Waals surface area contributed by atoms with Gasteiger partial charge in [0.2, 0.25) is 5.95 Å². The van der Waals surface area contributed by atoms with Gasteiger partial charge in [-0.05, 0) is 30.2 Å². The maximum absolute atomic E-state index is 5.37. The maximum Gasteiger partial charge on any atom is 0.249 e. The van der Waals surface area contributed by atoms with Gasteiger partial charge in [-0.15, -0.1) is 5.10 Å². The van der Waals surface area contributed by atoms with E-state index in [0.717, 1.165) is 23.4 Å². The fraction of sp³-hybridized carbons (Fsp3) is 0.250. The molecule has 0 aliphatic carbocycles. The van der Waals surface area contributed by atoms with Crippen LogP contribution in [0.15, 0.2) is 48.7 Å². The average Bonchev–Trinajstić information content (AvgIpc) is 2.74. The molecule has 0 spiro atoms. The Morgan fingerprint density at radius 3 is 2.46 bits per heavy atom. The highest BCUT2D eigenvalue weighted by Gasteiger charge is 2.07. The summed E-state index contributed by atoms with van der Waals surface area (Å²) in [5, 5.41) is 14.4. The molecule has 2 aromatic carbocycles. The molecule has 0 saturated heterocycles. The van der Waals surface area contributed by atoms with Gasteiger partial charge >= 0.3 is 0 Å². The van der Waals surface area contributed by atoms with Crippen LogP contribution in [0.1, 0.15) is 5.56 Å². The van der Waals surface area contributed by atoms with Crippen LogP contribution >= 0.6 is 0 Å². The minimum atomic E-state index is 0.384. The molecule has 0 bridgehead atoms. The number of anilines is 3. The molecule has 0 aliphatic rings. The summed E-state index contributed by atoms with van der Waals surface area (Å²) in [6.07, 6.45) is 2.38. The first kappa shape index (κ1) is 19.2. The topological polar surface area (TPSA) is 90.4 Å². The van der Waals surface area contributed by atoms with Crippen molar-refractivity contribution in [2.75, 3.05) is 38.5 Å². The van der Waals surface area contributed by atoms with E-state index in [1.807, 2.05) is 42.5 Å². The molecule has 8 heteroatoms. The molecule has 0 amide bonds. The number of nitrogens with one attached hydrogen (secondary N) is 2. The predicted octanol–water partition coefficient (Wildman–Crippen LogP) is 3.30. The number of aromatic nitrogens is 3. The molecular weight excluding hydrogens is 358 g/mol. The summed E-state index contributed by atoms with van der Waals surface area (Å²) in [6, 6.07) is 13.4. The van der Waals surface area contributed by atoms with E-state index < -0.39 is 0 Å². The van der Waals surface area contributed by atoms with Gasteiger partial charge in [-0.1, -0.05) is 18.2 Å². The van der Waals surface area contributed by atoms with Gasteiger partial charge in [0, 0.05) is 18.3 Å². The molecule has 28 heavy (non-hydrogen) atoms. The SMILES string of the molecule is COc1ccccc1CCNc1cnnc(Nc2ccc(OC)c(OC)c2)n1. The van der Waals surface area contributed by atoms with Crippen LogP contribution < -0.4 is 24.8 Å². The molecule has 1 heterocycles. The van der Waals surface area contributed by atoms with Crippen molar-refractivity contribution in [3.63, 3.8) is 0 Å². The van der Waals surface area contributed by atoms with Crippen LogP contribution in [0.2, 0.25) is 0 Å². The Kier molecular flexibility index (Phi) is 6.46. The number of benzene rings is 2. The van der Waals surface area contributed by atoms with E-state index in [4.69, 9.17) is 14.2 Å². The molecule has 0 saturated carbocycles. The zero-order valence-electron chi connectivity index (χ0n) is 16.1. The molecule has 3 aromatic rings. The van der Waals surface area contributed by atoms with Crippen molar-refractivity contribution in [1.82, 2.24) is 15.2 Å². The van der Waals surface area contributed by atoms with Crippen molar-refractivity contribution in [1.29, 1.82) is 0 Å². The number of rotatable bonds is 9. The average molecular weight is 381 g/mol. The quantitative estimate of drug-likeness (QED) is 0.583. The van der Waals surface area contributed by atoms with Crippen LogP contribution in [0.5, 0.6) is 17.2 Å². The lowest BCUT2D eigenvalue weighted by atomic mass is 10.1. The van der Waals surface area contributed by atoms with Crippen molar-refractivity contribution >= 4 is 17.5 Å². The highest BCUT2D eigenvalue weighted by molar-refractivity contribution is 5.60. The maximum atomic E-state index is 5.37. The van der Waals surface area contributed by atoms with Crippen molar-refractivity contribution in [2.45, 2.75) is 6.42 Å². The number of para-hydroxylation sites is 1. The largest absolute Gasteiger partial charge is 0.496 e. The molecule has 2 N–H and O–H groups in total. The second-order valence-corrected chi connectivity index (χ2v) is 5.85. The van der Waals surface area contributed by atoms with E-state index in [0.29, 0.717) is 29.8 Å². The normalized spacial score (nSPS) is 10.2. The third-order valence-electron chi connectivity index (χ3n) is 4.09. The van der Waals surface area contributed by atoms with Crippen LogP contribution in [0.4, 0.5) is 17.5 Å². The lowest BCUT2D eigenvalue weighted by molar-refractivity contribution is 0.355. The Labute approximate surface area is 163 Å². The van der Waals surface area contributed by atoms with Gasteiger partial charge in [-0.25, -0.2) is 0 Å². The monoisotopic (exact) mass is 381 g/mol. The summed E-state index contributed by atoms with van der Waals surface area (Å²) >= 11 is 0. The van der Waals surface area contributed by atoms with Crippen LogP contribution in [0, 0.1) is 0 Å². The van der Waals surface area contributed by atoms with Gasteiger partial charge in [-0.2, -0.15) is 10.1 Å². The Morgan fingerprint density at radius 1 is 0.893 bits per heavy atom. The summed E-state index contributed by atoms with van der Waals surface area (Å²) in [7, 11) is 4.86. The first-order valence-electron chi connectivity index (χ1n) is 8.78. The molecule has 1 aromatic heterocycles. The summed E-state index contributed by atoms with van der Waals surface area (Å²) in [5.41, 5.74) is 1.90. The summed E-state index contributed by atoms with van der Waals surface area (Å²) in [6.45, 7) is 0.689. The minimum Gasteiger partial charge on any atom is -0.496 e. The van der Waals surface area contributed by atoms with E-state index in [2.05, 4.69) is 25.8 Å². The molecule has 0 aliphatic heterocycles. The van der Waals surface area contributed by atoms with Gasteiger partial charge in [0.15, 0.2) is 17.3 Å². The van der Waals surface area contributed by atoms with Crippen LogP contribution in [-0.4, -0.2) is 43.1 Å². The molecule has 0 fully saturated rings. The Bertz CT molecular complexity index is 920. The van der Waals surface area contributed by atoms with Crippen molar-refractivity contribution in [2.24, 2.45) is 0 Å². The molecule has 146 valence electrons. The highest BCUT2D eigenvalue weighted by Crippen LogP contribution is 2.30. The standard InChI is InChI=1S/C20H23N5O3/c1-26-16-7-5-4-6-14(16)10-11-21-19-13-22-25-20(24-19)23-15-8-9-17(27-2)18(12-15)28-3/h4-9,12-13H,10-11H2,1-3H3,(H2,21,23,24,25). The molecule has 0 radical (unpaired) electrons. The molecule has 3 rings (SSSR count). The summed E-state index contributed by atoms with van der Waals surface area (Å²) in [4.78, 5) is 4.44. The second-order valence-electron chi connectivity index (χ2n) is 5.85. The fourth-order valence-electron chi connectivity index (χ4n) is 2.72. The number of methoxy groups -OCH3 is 3. The fourth-order valence-corrected chi connectivity index (χ4v) is 2.72. The first-order valence-corrected chi connectivity index (χ1v) is 8.78. The van der Waals surface area contributed by atoms with Gasteiger partial charge in [0.25, 0.3) is 0 Å². The first-order chi connectivity index (χ1) is 13.7. The Morgan fingerprint density at radius 2 is 1.68 bits per heavy atom. The number of hydrogen-bond acceptors (Lipinski definition) is 8. The summed E-state index contributed by atoms with van der Waals surface area (Å²) < 4.78 is 15.9. The Hall–Kier alpha value is -3.55. The zero-order chi connectivity index (χ0) is 19.8. The van der Waals surface area contributed by atoms with Gasteiger partial charge in [0.1, 0.15) is 5.75 Å². The molecule has 0 atom stereocenters. The minimum absolute atomic E-state index is 0.384. The number of hydrogen-bond donors (Lipinski definition) is 2. The van der Waals surface area contributed by atoms with E-state index >= 15 is 0 Å². The Balaban J connectivity index is 1.62. The summed E-state index contributed by atoms with van der Waals surface area (Å²) in [5.74, 6) is 3.16. The van der Waals surface area contributed by atoms with Gasteiger partial charge < -0.3 is 24.8 Å². The van der Waals surface area contributed by atoms with E-state index in [1.54, 1.807) is 27.5 Å². The van der Waals surface area contributed by atoms with E-state index in [9.17, 15) is 0 Å². The number of ether oxygens (including phenoxy) is 3.